The Balaban J connectivity index is 2.56. The van der Waals surface area contributed by atoms with E-state index < -0.39 is 0 Å². The van der Waals surface area contributed by atoms with Crippen molar-refractivity contribution in [3.8, 4) is 0 Å². The first-order chi connectivity index (χ1) is 8.29. The van der Waals surface area contributed by atoms with Crippen LogP contribution in [0.1, 0.15) is 42.4 Å². The van der Waals surface area contributed by atoms with Crippen LogP contribution in [0.3, 0.4) is 0 Å². The Kier molecular flexibility index (Phi) is 6.90. The first-order valence-corrected chi connectivity index (χ1v) is 6.58. The largest absolute Gasteiger partial charge is 0.396 e. The second-order valence-electron chi connectivity index (χ2n) is 4.56. The van der Waals surface area contributed by atoms with E-state index in [4.69, 9.17) is 10.2 Å². The molecular weight excluding hydrogens is 212 g/mol. The summed E-state index contributed by atoms with van der Waals surface area (Å²) in [6, 6.07) is 6.49. The van der Waals surface area contributed by atoms with E-state index in [9.17, 15) is 0 Å². The minimum Gasteiger partial charge on any atom is -0.396 e. The van der Waals surface area contributed by atoms with Crippen LogP contribution in [0, 0.1) is 6.92 Å². The van der Waals surface area contributed by atoms with Crippen LogP contribution in [0.4, 0.5) is 0 Å². The van der Waals surface area contributed by atoms with Crippen molar-refractivity contribution < 1.29 is 10.2 Å². The zero-order chi connectivity index (χ0) is 12.5. The van der Waals surface area contributed by atoms with Gasteiger partial charge in [-0.15, -0.1) is 0 Å². The summed E-state index contributed by atoms with van der Waals surface area (Å²) < 4.78 is 0. The van der Waals surface area contributed by atoms with Crippen molar-refractivity contribution in [1.29, 1.82) is 0 Å². The SMILES string of the molecule is Cc1c(CCCCO)cccc1CCCCO. The lowest BCUT2D eigenvalue weighted by molar-refractivity contribution is 0.284. The average Bonchev–Trinajstić information content (AvgIpc) is 2.34. The topological polar surface area (TPSA) is 40.5 Å². The molecule has 1 aromatic rings. The summed E-state index contributed by atoms with van der Waals surface area (Å²) in [5.74, 6) is 0. The number of hydrogen-bond acceptors (Lipinski definition) is 2. The minimum atomic E-state index is 0.287. The van der Waals surface area contributed by atoms with Gasteiger partial charge in [0.2, 0.25) is 0 Å². The molecule has 2 heteroatoms. The highest BCUT2D eigenvalue weighted by molar-refractivity contribution is 5.34. The third-order valence-corrected chi connectivity index (χ3v) is 3.27. The van der Waals surface area contributed by atoms with Gasteiger partial charge in [0.15, 0.2) is 0 Å². The third kappa shape index (κ3) is 4.88. The van der Waals surface area contributed by atoms with Gasteiger partial charge in [-0.05, 0) is 62.1 Å². The Morgan fingerprint density at radius 3 is 1.71 bits per heavy atom. The predicted molar refractivity (Wildman–Crippen MR) is 71.2 cm³/mol. The molecule has 1 rings (SSSR count). The van der Waals surface area contributed by atoms with Crippen molar-refractivity contribution in [2.24, 2.45) is 0 Å². The molecule has 0 fully saturated rings. The van der Waals surface area contributed by atoms with Gasteiger partial charge in [0.25, 0.3) is 0 Å². The van der Waals surface area contributed by atoms with Gasteiger partial charge < -0.3 is 10.2 Å². The minimum absolute atomic E-state index is 0.287. The van der Waals surface area contributed by atoms with Crippen molar-refractivity contribution >= 4 is 0 Å². The average molecular weight is 236 g/mol. The molecule has 0 unspecified atom stereocenters. The number of hydrogen-bond donors (Lipinski definition) is 2. The zero-order valence-corrected chi connectivity index (χ0v) is 10.8. The summed E-state index contributed by atoms with van der Waals surface area (Å²) in [7, 11) is 0. The number of aliphatic hydroxyl groups excluding tert-OH is 2. The Hall–Kier alpha value is -0.860. The molecule has 0 spiro atoms. The van der Waals surface area contributed by atoms with Gasteiger partial charge in [-0.3, -0.25) is 0 Å². The lowest BCUT2D eigenvalue weighted by atomic mass is 9.95. The maximum atomic E-state index is 8.79. The first-order valence-electron chi connectivity index (χ1n) is 6.58. The Morgan fingerprint density at radius 1 is 0.824 bits per heavy atom. The second kappa shape index (κ2) is 8.26. The summed E-state index contributed by atoms with van der Waals surface area (Å²) in [6.07, 6.45) is 5.98. The van der Waals surface area contributed by atoms with Crippen molar-refractivity contribution in [3.05, 3.63) is 34.9 Å². The monoisotopic (exact) mass is 236 g/mol. The molecule has 1 aromatic carbocycles. The van der Waals surface area contributed by atoms with Gasteiger partial charge in [0.05, 0.1) is 0 Å². The molecule has 0 saturated carbocycles. The van der Waals surface area contributed by atoms with Crippen LogP contribution in [0.5, 0.6) is 0 Å². The number of benzene rings is 1. The predicted octanol–water partition coefficient (Wildman–Crippen LogP) is 2.63. The summed E-state index contributed by atoms with van der Waals surface area (Å²) in [4.78, 5) is 0. The van der Waals surface area contributed by atoms with Gasteiger partial charge in [-0.2, -0.15) is 0 Å². The van der Waals surface area contributed by atoms with Crippen molar-refractivity contribution in [2.45, 2.75) is 45.4 Å². The van der Waals surface area contributed by atoms with E-state index in [1.165, 1.54) is 16.7 Å². The number of aliphatic hydroxyl groups is 2. The highest BCUT2D eigenvalue weighted by Crippen LogP contribution is 2.18. The highest BCUT2D eigenvalue weighted by Gasteiger charge is 2.03. The van der Waals surface area contributed by atoms with E-state index in [-0.39, 0.29) is 13.2 Å². The molecule has 0 atom stereocenters. The van der Waals surface area contributed by atoms with Crippen LogP contribution in [-0.2, 0) is 12.8 Å². The van der Waals surface area contributed by atoms with Crippen LogP contribution in [-0.4, -0.2) is 23.4 Å². The lowest BCUT2D eigenvalue weighted by Crippen LogP contribution is -1.97. The van der Waals surface area contributed by atoms with Crippen molar-refractivity contribution in [2.75, 3.05) is 13.2 Å². The molecule has 0 heterocycles. The Bertz CT molecular complexity index is 292. The van der Waals surface area contributed by atoms with Crippen LogP contribution in [0.2, 0.25) is 0 Å². The van der Waals surface area contributed by atoms with Crippen LogP contribution >= 0.6 is 0 Å². The second-order valence-corrected chi connectivity index (χ2v) is 4.56. The first kappa shape index (κ1) is 14.2. The van der Waals surface area contributed by atoms with Crippen molar-refractivity contribution in [3.63, 3.8) is 0 Å². The van der Waals surface area contributed by atoms with Gasteiger partial charge in [-0.25, -0.2) is 0 Å². The van der Waals surface area contributed by atoms with Crippen LogP contribution < -0.4 is 0 Å². The molecule has 0 aliphatic heterocycles. The Labute approximate surface area is 104 Å². The van der Waals surface area contributed by atoms with E-state index in [1.54, 1.807) is 0 Å². The summed E-state index contributed by atoms with van der Waals surface area (Å²) in [6.45, 7) is 2.76. The molecule has 17 heavy (non-hydrogen) atoms. The van der Waals surface area contributed by atoms with E-state index in [1.807, 2.05) is 0 Å². The fourth-order valence-electron chi connectivity index (χ4n) is 2.13. The number of rotatable bonds is 8. The van der Waals surface area contributed by atoms with Gasteiger partial charge in [0.1, 0.15) is 0 Å². The fraction of sp³-hybridized carbons (Fsp3) is 0.600. The molecule has 0 aromatic heterocycles. The summed E-state index contributed by atoms with van der Waals surface area (Å²) in [5, 5.41) is 17.6. The molecule has 2 N–H and O–H groups in total. The van der Waals surface area contributed by atoms with E-state index in [2.05, 4.69) is 25.1 Å². The van der Waals surface area contributed by atoms with Crippen LogP contribution in [0.25, 0.3) is 0 Å². The maximum absolute atomic E-state index is 8.79. The molecule has 0 aliphatic rings. The van der Waals surface area contributed by atoms with Gasteiger partial charge >= 0.3 is 0 Å². The lowest BCUT2D eigenvalue weighted by Gasteiger charge is -2.11. The van der Waals surface area contributed by atoms with Gasteiger partial charge in [-0.1, -0.05) is 18.2 Å². The third-order valence-electron chi connectivity index (χ3n) is 3.27. The van der Waals surface area contributed by atoms with Crippen LogP contribution in [0.15, 0.2) is 18.2 Å². The smallest absolute Gasteiger partial charge is 0.0431 e. The number of aryl methyl sites for hydroxylation is 2. The van der Waals surface area contributed by atoms with Gasteiger partial charge in [0, 0.05) is 13.2 Å². The molecule has 0 saturated heterocycles. The fourth-order valence-corrected chi connectivity index (χ4v) is 2.13. The van der Waals surface area contributed by atoms with E-state index in [0.29, 0.717) is 0 Å². The quantitative estimate of drug-likeness (QED) is 0.681. The standard InChI is InChI=1S/C15H24O2/c1-13-14(7-2-4-11-16)9-6-10-15(13)8-3-5-12-17/h6,9-10,16-17H,2-5,7-8,11-12H2,1H3. The molecule has 0 radical (unpaired) electrons. The van der Waals surface area contributed by atoms with Crippen molar-refractivity contribution in [1.82, 2.24) is 0 Å². The Morgan fingerprint density at radius 2 is 1.29 bits per heavy atom. The molecular formula is C15H24O2. The normalized spacial score (nSPS) is 10.8. The molecule has 0 bridgehead atoms. The highest BCUT2D eigenvalue weighted by atomic mass is 16.3. The summed E-state index contributed by atoms with van der Waals surface area (Å²) >= 11 is 0. The van der Waals surface area contributed by atoms with E-state index >= 15 is 0 Å². The zero-order valence-electron chi connectivity index (χ0n) is 10.8. The summed E-state index contributed by atoms with van der Waals surface area (Å²) in [5.41, 5.74) is 4.20. The molecule has 2 nitrogen and oxygen atoms in total. The number of unbranched alkanes of at least 4 members (excludes halogenated alkanes) is 2. The maximum Gasteiger partial charge on any atom is 0.0431 e. The molecule has 0 aliphatic carbocycles. The van der Waals surface area contributed by atoms with E-state index in [0.717, 1.165) is 38.5 Å². The molecule has 0 amide bonds. The molecule has 96 valence electrons.